The van der Waals surface area contributed by atoms with Crippen molar-refractivity contribution in [3.63, 3.8) is 0 Å². The smallest absolute Gasteiger partial charge is 0.323 e. The van der Waals surface area contributed by atoms with Crippen molar-refractivity contribution in [2.75, 3.05) is 12.8 Å². The number of halogens is 3. The van der Waals surface area contributed by atoms with Gasteiger partial charge in [0.15, 0.2) is 0 Å². The molecule has 0 aromatic heterocycles. The number of rotatable bonds is 4. The number of alkyl halides is 3. The van der Waals surface area contributed by atoms with Crippen molar-refractivity contribution in [3.8, 4) is 0 Å². The van der Waals surface area contributed by atoms with Crippen molar-refractivity contribution in [3.05, 3.63) is 0 Å². The standard InChI is InChI=1S/C5H7F3NO5P/c6-5(7,8)4(11)9(1-2-10)3-15(12,13)14/h2H,1,3H2,(H2,12,13,14). The fraction of sp³-hybridized carbons (Fsp3) is 0.600. The van der Waals surface area contributed by atoms with Crippen LogP contribution >= 0.6 is 7.60 Å². The van der Waals surface area contributed by atoms with E-state index in [2.05, 4.69) is 0 Å². The van der Waals surface area contributed by atoms with Gasteiger partial charge in [-0.05, 0) is 0 Å². The van der Waals surface area contributed by atoms with Crippen LogP contribution in [0.2, 0.25) is 0 Å². The summed E-state index contributed by atoms with van der Waals surface area (Å²) in [5.74, 6) is -2.46. The first kappa shape index (κ1) is 14.1. The molecule has 0 atom stereocenters. The zero-order chi connectivity index (χ0) is 12.3. The van der Waals surface area contributed by atoms with Crippen LogP contribution in [-0.2, 0) is 14.2 Å². The van der Waals surface area contributed by atoms with Gasteiger partial charge in [0.2, 0.25) is 0 Å². The molecule has 0 bridgehead atoms. The molecular weight excluding hydrogens is 242 g/mol. The summed E-state index contributed by atoms with van der Waals surface area (Å²) in [6, 6.07) is 0. The third-order valence-electron chi connectivity index (χ3n) is 1.18. The van der Waals surface area contributed by atoms with E-state index in [-0.39, 0.29) is 11.2 Å². The summed E-state index contributed by atoms with van der Waals surface area (Å²) in [6.07, 6.45) is -6.76. The lowest BCUT2D eigenvalue weighted by Gasteiger charge is -2.21. The Hall–Kier alpha value is -0.920. The number of nitrogens with zero attached hydrogens (tertiary/aromatic N) is 1. The Morgan fingerprint density at radius 1 is 1.40 bits per heavy atom. The molecule has 0 heterocycles. The SMILES string of the molecule is O=CCN(CP(=O)(O)O)C(=O)C(F)(F)F. The summed E-state index contributed by atoms with van der Waals surface area (Å²) >= 11 is 0. The second kappa shape index (κ2) is 4.73. The molecule has 0 rings (SSSR count). The Labute approximate surface area is 81.8 Å². The fourth-order valence-electron chi connectivity index (χ4n) is 0.697. The topological polar surface area (TPSA) is 94.9 Å². The van der Waals surface area contributed by atoms with E-state index >= 15 is 0 Å². The minimum absolute atomic E-state index is 0.0563. The second-order valence-corrected chi connectivity index (χ2v) is 4.11. The lowest BCUT2D eigenvalue weighted by atomic mass is 10.5. The highest BCUT2D eigenvalue weighted by Gasteiger charge is 2.43. The number of carbonyl (C=O) groups excluding carboxylic acids is 2. The lowest BCUT2D eigenvalue weighted by molar-refractivity contribution is -0.184. The van der Waals surface area contributed by atoms with Crippen molar-refractivity contribution >= 4 is 19.8 Å². The van der Waals surface area contributed by atoms with E-state index in [0.717, 1.165) is 0 Å². The predicted molar refractivity (Wildman–Crippen MR) is 40.7 cm³/mol. The van der Waals surface area contributed by atoms with Crippen LogP contribution in [0.1, 0.15) is 0 Å². The Balaban J connectivity index is 4.75. The van der Waals surface area contributed by atoms with Crippen LogP contribution in [0.25, 0.3) is 0 Å². The van der Waals surface area contributed by atoms with Crippen LogP contribution in [0.4, 0.5) is 13.2 Å². The van der Waals surface area contributed by atoms with Crippen molar-refractivity contribution in [2.45, 2.75) is 6.18 Å². The van der Waals surface area contributed by atoms with Crippen LogP contribution < -0.4 is 0 Å². The van der Waals surface area contributed by atoms with E-state index in [1.165, 1.54) is 0 Å². The van der Waals surface area contributed by atoms with Crippen molar-refractivity contribution in [2.24, 2.45) is 0 Å². The first-order chi connectivity index (χ1) is 6.58. The highest BCUT2D eigenvalue weighted by atomic mass is 31.2. The van der Waals surface area contributed by atoms with E-state index in [0.29, 0.717) is 0 Å². The van der Waals surface area contributed by atoms with Gasteiger partial charge in [-0.3, -0.25) is 9.36 Å². The summed E-state index contributed by atoms with van der Waals surface area (Å²) in [5, 5.41) is 0. The van der Waals surface area contributed by atoms with Crippen LogP contribution in [0.5, 0.6) is 0 Å². The van der Waals surface area contributed by atoms with E-state index in [9.17, 15) is 27.3 Å². The van der Waals surface area contributed by atoms with E-state index in [1.807, 2.05) is 0 Å². The van der Waals surface area contributed by atoms with Gasteiger partial charge in [-0.15, -0.1) is 0 Å². The molecule has 0 aliphatic heterocycles. The molecule has 2 N–H and O–H groups in total. The van der Waals surface area contributed by atoms with Crippen molar-refractivity contribution in [1.29, 1.82) is 0 Å². The van der Waals surface area contributed by atoms with Crippen LogP contribution in [0, 0.1) is 0 Å². The van der Waals surface area contributed by atoms with E-state index in [1.54, 1.807) is 0 Å². The Morgan fingerprint density at radius 2 is 1.87 bits per heavy atom. The van der Waals surface area contributed by atoms with Crippen LogP contribution in [0.3, 0.4) is 0 Å². The van der Waals surface area contributed by atoms with E-state index < -0.39 is 32.5 Å². The van der Waals surface area contributed by atoms with Gasteiger partial charge in [0, 0.05) is 0 Å². The first-order valence-corrected chi connectivity index (χ1v) is 5.22. The van der Waals surface area contributed by atoms with E-state index in [4.69, 9.17) is 9.79 Å². The van der Waals surface area contributed by atoms with Gasteiger partial charge in [-0.2, -0.15) is 13.2 Å². The molecule has 0 saturated carbocycles. The Kier molecular flexibility index (Phi) is 4.44. The zero-order valence-electron chi connectivity index (χ0n) is 7.14. The molecule has 0 radical (unpaired) electrons. The highest BCUT2D eigenvalue weighted by molar-refractivity contribution is 7.51. The van der Waals surface area contributed by atoms with Gasteiger partial charge in [-0.1, -0.05) is 0 Å². The van der Waals surface area contributed by atoms with Gasteiger partial charge >= 0.3 is 19.7 Å². The summed E-state index contributed by atoms with van der Waals surface area (Å²) < 4.78 is 45.9. The molecule has 15 heavy (non-hydrogen) atoms. The molecule has 88 valence electrons. The summed E-state index contributed by atoms with van der Waals surface area (Å²) in [6.45, 7) is -1.02. The van der Waals surface area contributed by atoms with Crippen LogP contribution in [0.15, 0.2) is 0 Å². The Morgan fingerprint density at radius 3 is 2.13 bits per heavy atom. The maximum absolute atomic E-state index is 11.8. The van der Waals surface area contributed by atoms with Gasteiger partial charge in [0.25, 0.3) is 0 Å². The van der Waals surface area contributed by atoms with Gasteiger partial charge in [0.1, 0.15) is 12.6 Å². The molecule has 0 saturated heterocycles. The summed E-state index contributed by atoms with van der Waals surface area (Å²) in [7, 11) is -4.83. The normalized spacial score (nSPS) is 12.3. The molecular formula is C5H7F3NO5P. The minimum Gasteiger partial charge on any atom is -0.323 e. The molecule has 1 amide bonds. The first-order valence-electron chi connectivity index (χ1n) is 3.42. The quantitative estimate of drug-likeness (QED) is 0.527. The third-order valence-corrected chi connectivity index (χ3v) is 1.89. The summed E-state index contributed by atoms with van der Waals surface area (Å²) in [4.78, 5) is 36.9. The molecule has 0 fully saturated rings. The van der Waals surface area contributed by atoms with Crippen LogP contribution in [-0.4, -0.2) is 45.9 Å². The number of hydrogen-bond acceptors (Lipinski definition) is 3. The maximum Gasteiger partial charge on any atom is 0.471 e. The average Bonchev–Trinajstić information content (AvgIpc) is 1.98. The summed E-state index contributed by atoms with van der Waals surface area (Å²) in [5.41, 5.74) is 0. The largest absolute Gasteiger partial charge is 0.471 e. The number of carbonyl (C=O) groups is 2. The molecule has 0 unspecified atom stereocenters. The van der Waals surface area contributed by atoms with Gasteiger partial charge < -0.3 is 19.5 Å². The molecule has 0 aromatic rings. The van der Waals surface area contributed by atoms with Crippen molar-refractivity contribution in [1.82, 2.24) is 4.90 Å². The Bertz CT molecular complexity index is 298. The molecule has 0 aliphatic carbocycles. The molecule has 0 aromatic carbocycles. The third kappa shape index (κ3) is 5.50. The minimum atomic E-state index is -5.27. The highest BCUT2D eigenvalue weighted by Crippen LogP contribution is 2.36. The van der Waals surface area contributed by atoms with Gasteiger partial charge in [-0.25, -0.2) is 0 Å². The zero-order valence-corrected chi connectivity index (χ0v) is 8.03. The molecule has 10 heteroatoms. The second-order valence-electron chi connectivity index (χ2n) is 2.50. The monoisotopic (exact) mass is 249 g/mol. The number of amides is 1. The molecule has 0 spiro atoms. The predicted octanol–water partition coefficient (Wildman–Crippen LogP) is -0.289. The lowest BCUT2D eigenvalue weighted by Crippen LogP contribution is -2.42. The maximum atomic E-state index is 11.8. The van der Waals surface area contributed by atoms with Gasteiger partial charge in [0.05, 0.1) is 6.54 Å². The number of aldehydes is 1. The molecule has 0 aliphatic rings. The average molecular weight is 249 g/mol. The molecule has 6 nitrogen and oxygen atoms in total. The van der Waals surface area contributed by atoms with Crippen molar-refractivity contribution < 1.29 is 37.1 Å². The fourth-order valence-corrected chi connectivity index (χ4v) is 1.39. The number of hydrogen-bond donors (Lipinski definition) is 2.